The monoisotopic (exact) mass is 210 g/mol. The zero-order chi connectivity index (χ0) is 10.6. The smallest absolute Gasteiger partial charge is 0.0958 e. The highest BCUT2D eigenvalue weighted by atomic mass is 32.2. The minimum atomic E-state index is -0.712. The maximum atomic E-state index is 10.2. The molecule has 0 saturated heterocycles. The molecule has 0 saturated carbocycles. The fourth-order valence-electron chi connectivity index (χ4n) is 1.21. The molecule has 0 aromatic heterocycles. The third-order valence-electron chi connectivity index (χ3n) is 2.09. The van der Waals surface area contributed by atoms with Crippen molar-refractivity contribution < 1.29 is 5.11 Å². The predicted molar refractivity (Wildman–Crippen MR) is 63.6 cm³/mol. The van der Waals surface area contributed by atoms with Crippen LogP contribution in [0.2, 0.25) is 0 Å². The topological polar surface area (TPSA) is 20.2 Å². The van der Waals surface area contributed by atoms with Crippen LogP contribution in [-0.2, 0) is 5.60 Å². The number of benzene rings is 1. The second-order valence-corrected chi connectivity index (χ2v) is 5.56. The normalized spacial score (nSPS) is 15.5. The Bertz CT molecular complexity index is 267. The van der Waals surface area contributed by atoms with Gasteiger partial charge >= 0.3 is 0 Å². The van der Waals surface area contributed by atoms with Crippen molar-refractivity contribution in [1.82, 2.24) is 0 Å². The molecule has 0 aliphatic carbocycles. The molecule has 1 N–H and O–H groups in total. The Morgan fingerprint density at radius 2 is 1.86 bits per heavy atom. The van der Waals surface area contributed by atoms with Crippen molar-refractivity contribution in [3.05, 3.63) is 35.9 Å². The molecule has 14 heavy (non-hydrogen) atoms. The summed E-state index contributed by atoms with van der Waals surface area (Å²) in [4.78, 5) is 0. The SMILES string of the molecule is CC(C)SCC(C)(O)c1ccccc1. The first-order valence-electron chi connectivity index (χ1n) is 4.92. The molecular formula is C12H18OS. The van der Waals surface area contributed by atoms with Crippen molar-refractivity contribution in [2.75, 3.05) is 5.75 Å². The lowest BCUT2D eigenvalue weighted by atomic mass is 9.99. The number of thioether (sulfide) groups is 1. The van der Waals surface area contributed by atoms with Gasteiger partial charge in [0.1, 0.15) is 0 Å². The first-order valence-corrected chi connectivity index (χ1v) is 5.97. The van der Waals surface area contributed by atoms with Crippen LogP contribution in [0.25, 0.3) is 0 Å². The van der Waals surface area contributed by atoms with Gasteiger partial charge in [0.2, 0.25) is 0 Å². The van der Waals surface area contributed by atoms with Gasteiger partial charge in [0.25, 0.3) is 0 Å². The Morgan fingerprint density at radius 1 is 1.29 bits per heavy atom. The van der Waals surface area contributed by atoms with E-state index < -0.39 is 5.60 Å². The van der Waals surface area contributed by atoms with E-state index in [-0.39, 0.29) is 0 Å². The van der Waals surface area contributed by atoms with Gasteiger partial charge in [0.15, 0.2) is 0 Å². The lowest BCUT2D eigenvalue weighted by Crippen LogP contribution is -2.24. The van der Waals surface area contributed by atoms with E-state index in [4.69, 9.17) is 0 Å². The van der Waals surface area contributed by atoms with Crippen molar-refractivity contribution >= 4 is 11.8 Å². The summed E-state index contributed by atoms with van der Waals surface area (Å²) in [6, 6.07) is 9.84. The fourth-order valence-corrected chi connectivity index (χ4v) is 2.03. The van der Waals surface area contributed by atoms with E-state index in [1.807, 2.05) is 37.3 Å². The van der Waals surface area contributed by atoms with Gasteiger partial charge < -0.3 is 5.11 Å². The fraction of sp³-hybridized carbons (Fsp3) is 0.500. The summed E-state index contributed by atoms with van der Waals surface area (Å²) < 4.78 is 0. The van der Waals surface area contributed by atoms with E-state index >= 15 is 0 Å². The van der Waals surface area contributed by atoms with Crippen LogP contribution < -0.4 is 0 Å². The molecule has 0 radical (unpaired) electrons. The lowest BCUT2D eigenvalue weighted by molar-refractivity contribution is 0.0838. The van der Waals surface area contributed by atoms with E-state index in [2.05, 4.69) is 13.8 Å². The lowest BCUT2D eigenvalue weighted by Gasteiger charge is -2.24. The van der Waals surface area contributed by atoms with Crippen LogP contribution in [0.1, 0.15) is 26.3 Å². The van der Waals surface area contributed by atoms with Gasteiger partial charge in [-0.05, 0) is 17.7 Å². The Hall–Kier alpha value is -0.470. The molecule has 0 bridgehead atoms. The summed E-state index contributed by atoms with van der Waals surface area (Å²) in [7, 11) is 0. The molecule has 0 fully saturated rings. The van der Waals surface area contributed by atoms with Crippen molar-refractivity contribution in [3.8, 4) is 0 Å². The molecule has 1 aromatic carbocycles. The summed E-state index contributed by atoms with van der Waals surface area (Å²) >= 11 is 1.78. The maximum Gasteiger partial charge on any atom is 0.0958 e. The first kappa shape index (κ1) is 11.6. The Labute approximate surface area is 90.5 Å². The van der Waals surface area contributed by atoms with Gasteiger partial charge in [-0.15, -0.1) is 0 Å². The van der Waals surface area contributed by atoms with E-state index in [0.717, 1.165) is 11.3 Å². The molecule has 1 unspecified atom stereocenters. The third-order valence-corrected chi connectivity index (χ3v) is 3.49. The van der Waals surface area contributed by atoms with Crippen LogP contribution in [0.3, 0.4) is 0 Å². The minimum absolute atomic E-state index is 0.560. The average Bonchev–Trinajstić information content (AvgIpc) is 2.16. The van der Waals surface area contributed by atoms with E-state index in [1.54, 1.807) is 11.8 Å². The van der Waals surface area contributed by atoms with Gasteiger partial charge in [0, 0.05) is 5.75 Å². The quantitative estimate of drug-likeness (QED) is 0.824. The largest absolute Gasteiger partial charge is 0.385 e. The van der Waals surface area contributed by atoms with E-state index in [9.17, 15) is 5.11 Å². The molecule has 0 heterocycles. The van der Waals surface area contributed by atoms with Gasteiger partial charge in [-0.25, -0.2) is 0 Å². The summed E-state index contributed by atoms with van der Waals surface area (Å²) in [6.07, 6.45) is 0. The van der Waals surface area contributed by atoms with Crippen LogP contribution in [0.4, 0.5) is 0 Å². The molecule has 1 nitrogen and oxygen atoms in total. The minimum Gasteiger partial charge on any atom is -0.385 e. The van der Waals surface area contributed by atoms with Crippen molar-refractivity contribution in [2.24, 2.45) is 0 Å². The van der Waals surface area contributed by atoms with Crippen LogP contribution in [0.15, 0.2) is 30.3 Å². The number of rotatable bonds is 4. The van der Waals surface area contributed by atoms with Gasteiger partial charge in [-0.1, -0.05) is 44.2 Å². The molecule has 78 valence electrons. The molecule has 1 atom stereocenters. The molecular weight excluding hydrogens is 192 g/mol. The summed E-state index contributed by atoms with van der Waals surface area (Å²) in [5.41, 5.74) is 0.282. The summed E-state index contributed by atoms with van der Waals surface area (Å²) in [5, 5.41) is 10.8. The van der Waals surface area contributed by atoms with Crippen molar-refractivity contribution in [3.63, 3.8) is 0 Å². The van der Waals surface area contributed by atoms with Crippen LogP contribution in [-0.4, -0.2) is 16.1 Å². The molecule has 1 aromatic rings. The van der Waals surface area contributed by atoms with E-state index in [0.29, 0.717) is 5.25 Å². The average molecular weight is 210 g/mol. The van der Waals surface area contributed by atoms with Crippen molar-refractivity contribution in [2.45, 2.75) is 31.6 Å². The number of hydrogen-bond acceptors (Lipinski definition) is 2. The molecule has 0 amide bonds. The zero-order valence-electron chi connectivity index (χ0n) is 9.03. The van der Waals surface area contributed by atoms with E-state index in [1.165, 1.54) is 0 Å². The Kier molecular flexibility index (Phi) is 4.02. The molecule has 0 aliphatic heterocycles. The van der Waals surface area contributed by atoms with Crippen molar-refractivity contribution in [1.29, 1.82) is 0 Å². The highest BCUT2D eigenvalue weighted by Crippen LogP contribution is 2.26. The van der Waals surface area contributed by atoms with Crippen LogP contribution in [0, 0.1) is 0 Å². The van der Waals surface area contributed by atoms with Crippen LogP contribution in [0.5, 0.6) is 0 Å². The van der Waals surface area contributed by atoms with Crippen LogP contribution >= 0.6 is 11.8 Å². The number of hydrogen-bond donors (Lipinski definition) is 1. The molecule has 2 heteroatoms. The standard InChI is InChI=1S/C12H18OS/c1-10(2)14-9-12(3,13)11-7-5-4-6-8-11/h4-8,10,13H,9H2,1-3H3. The van der Waals surface area contributed by atoms with Gasteiger partial charge in [-0.2, -0.15) is 11.8 Å². The highest BCUT2D eigenvalue weighted by molar-refractivity contribution is 7.99. The molecule has 0 spiro atoms. The Balaban J connectivity index is 2.66. The first-order chi connectivity index (χ1) is 6.52. The van der Waals surface area contributed by atoms with Gasteiger partial charge in [-0.3, -0.25) is 0 Å². The summed E-state index contributed by atoms with van der Waals surface area (Å²) in [5.74, 6) is 0.745. The molecule has 0 aliphatic rings. The zero-order valence-corrected chi connectivity index (χ0v) is 9.84. The predicted octanol–water partition coefficient (Wildman–Crippen LogP) is 3.04. The molecule has 1 rings (SSSR count). The number of aliphatic hydroxyl groups is 1. The Morgan fingerprint density at radius 3 is 2.36 bits per heavy atom. The summed E-state index contributed by atoms with van der Waals surface area (Å²) in [6.45, 7) is 6.16. The van der Waals surface area contributed by atoms with Gasteiger partial charge in [0.05, 0.1) is 5.60 Å². The highest BCUT2D eigenvalue weighted by Gasteiger charge is 2.22. The second-order valence-electron chi connectivity index (χ2n) is 4.00. The second kappa shape index (κ2) is 4.85. The third kappa shape index (κ3) is 3.35. The maximum absolute atomic E-state index is 10.2.